The van der Waals surface area contributed by atoms with Gasteiger partial charge in [0.2, 0.25) is 0 Å². The van der Waals surface area contributed by atoms with Gasteiger partial charge in [0.15, 0.2) is 5.58 Å². The molecule has 0 atom stereocenters. The summed E-state index contributed by atoms with van der Waals surface area (Å²) in [7, 11) is 0. The fraction of sp³-hybridized carbons (Fsp3) is 0.188. The summed E-state index contributed by atoms with van der Waals surface area (Å²) in [5, 5.41) is 0. The Balaban J connectivity index is 2.09. The number of aryl methyl sites for hydroxylation is 1. The van der Waals surface area contributed by atoms with Crippen molar-refractivity contribution < 1.29 is 9.21 Å². The number of nitrogens with zero attached hydrogens (tertiary/aromatic N) is 2. The Morgan fingerprint density at radius 1 is 1.41 bits per heavy atom. The quantitative estimate of drug-likeness (QED) is 0.796. The maximum atomic E-state index is 11.8. The molecule has 0 aliphatic heterocycles. The molecule has 0 unspecified atom stereocenters. The van der Waals surface area contributed by atoms with Gasteiger partial charge in [-0.25, -0.2) is 9.78 Å². The Morgan fingerprint density at radius 3 is 2.86 bits per heavy atom. The van der Waals surface area contributed by atoms with Crippen LogP contribution in [0.15, 0.2) is 39.7 Å². The van der Waals surface area contributed by atoms with E-state index in [9.17, 15) is 9.59 Å². The molecule has 1 amide bonds. The first kappa shape index (κ1) is 14.1. The van der Waals surface area contributed by atoms with Crippen LogP contribution >= 0.6 is 0 Å². The number of rotatable bonds is 4. The van der Waals surface area contributed by atoms with Gasteiger partial charge < -0.3 is 10.2 Å². The number of pyridine rings is 1. The van der Waals surface area contributed by atoms with E-state index < -0.39 is 5.91 Å². The highest BCUT2D eigenvalue weighted by atomic mass is 16.4. The standard InChI is InChI=1S/C16H14N3O3/c1-2-7-19-13-8-10(4-6-14(13)22-16(19)21)11-3-5-12(15(17)20)18-9-11/h3-4,6,8-9H,2,7H2,1H3,(H2,17,20). The number of carbonyl (C=O) groups excluding carboxylic acids is 1. The Morgan fingerprint density at radius 2 is 2.23 bits per heavy atom. The average molecular weight is 296 g/mol. The first-order chi connectivity index (χ1) is 10.6. The molecule has 6 heteroatoms. The number of oxazole rings is 1. The maximum absolute atomic E-state index is 11.8. The molecule has 0 aliphatic carbocycles. The fourth-order valence-electron chi connectivity index (χ4n) is 2.32. The SMILES string of the molecule is CCCn1c(=O)oc2ccc(-c3c[c]c(C(N)=O)nc3)cc21. The van der Waals surface area contributed by atoms with Gasteiger partial charge in [-0.05, 0) is 30.2 Å². The van der Waals surface area contributed by atoms with Crippen molar-refractivity contribution in [3.8, 4) is 11.1 Å². The number of nitrogens with two attached hydrogens (primary N) is 1. The number of primary amides is 1. The summed E-state index contributed by atoms with van der Waals surface area (Å²) in [4.78, 5) is 26.8. The molecule has 22 heavy (non-hydrogen) atoms. The summed E-state index contributed by atoms with van der Waals surface area (Å²) in [6, 6.07) is 9.85. The van der Waals surface area contributed by atoms with Crippen molar-refractivity contribution in [3.05, 3.63) is 52.8 Å². The molecule has 1 aromatic carbocycles. The van der Waals surface area contributed by atoms with Crippen molar-refractivity contribution in [1.82, 2.24) is 9.55 Å². The van der Waals surface area contributed by atoms with E-state index in [4.69, 9.17) is 10.2 Å². The van der Waals surface area contributed by atoms with E-state index in [1.807, 2.05) is 19.1 Å². The molecule has 2 N–H and O–H groups in total. The van der Waals surface area contributed by atoms with Gasteiger partial charge in [-0.1, -0.05) is 13.0 Å². The van der Waals surface area contributed by atoms with Gasteiger partial charge in [0, 0.05) is 24.4 Å². The van der Waals surface area contributed by atoms with E-state index in [1.165, 1.54) is 0 Å². The van der Waals surface area contributed by atoms with Crippen molar-refractivity contribution in [2.45, 2.75) is 19.9 Å². The number of amides is 1. The lowest BCUT2D eigenvalue weighted by Crippen LogP contribution is -2.13. The first-order valence-electron chi connectivity index (χ1n) is 6.91. The van der Waals surface area contributed by atoms with E-state index in [0.29, 0.717) is 12.1 Å². The van der Waals surface area contributed by atoms with E-state index in [2.05, 4.69) is 11.1 Å². The highest BCUT2D eigenvalue weighted by Crippen LogP contribution is 2.23. The second kappa shape index (κ2) is 5.48. The lowest BCUT2D eigenvalue weighted by Gasteiger charge is -2.03. The molecule has 3 rings (SSSR count). The summed E-state index contributed by atoms with van der Waals surface area (Å²) in [6.45, 7) is 2.59. The van der Waals surface area contributed by atoms with Crippen molar-refractivity contribution in [2.75, 3.05) is 0 Å². The summed E-state index contributed by atoms with van der Waals surface area (Å²) in [5.41, 5.74) is 8.17. The molecular weight excluding hydrogens is 282 g/mol. The van der Waals surface area contributed by atoms with Crippen molar-refractivity contribution in [2.24, 2.45) is 5.73 Å². The van der Waals surface area contributed by atoms with Gasteiger partial charge in [0.1, 0.15) is 5.69 Å². The van der Waals surface area contributed by atoms with Gasteiger partial charge in [0.05, 0.1) is 5.52 Å². The van der Waals surface area contributed by atoms with Crippen LogP contribution in [0, 0.1) is 6.07 Å². The van der Waals surface area contributed by atoms with Crippen LogP contribution in [0.2, 0.25) is 0 Å². The minimum atomic E-state index is -0.617. The van der Waals surface area contributed by atoms with Crippen LogP contribution in [0.25, 0.3) is 22.2 Å². The van der Waals surface area contributed by atoms with Gasteiger partial charge in [0.25, 0.3) is 5.91 Å². The van der Waals surface area contributed by atoms with Gasteiger partial charge in [-0.15, -0.1) is 0 Å². The lowest BCUT2D eigenvalue weighted by molar-refractivity contribution is 0.0995. The summed E-state index contributed by atoms with van der Waals surface area (Å²) >= 11 is 0. The highest BCUT2D eigenvalue weighted by Gasteiger charge is 2.10. The maximum Gasteiger partial charge on any atom is 0.419 e. The van der Waals surface area contributed by atoms with Crippen molar-refractivity contribution in [1.29, 1.82) is 0 Å². The third-order valence-electron chi connectivity index (χ3n) is 3.38. The number of aromatic nitrogens is 2. The topological polar surface area (TPSA) is 91.1 Å². The molecule has 0 spiro atoms. The van der Waals surface area contributed by atoms with Crippen LogP contribution < -0.4 is 11.5 Å². The van der Waals surface area contributed by atoms with Crippen LogP contribution in [0.1, 0.15) is 23.8 Å². The van der Waals surface area contributed by atoms with Crippen LogP contribution in [0.5, 0.6) is 0 Å². The average Bonchev–Trinajstić information content (AvgIpc) is 2.83. The predicted molar refractivity (Wildman–Crippen MR) is 81.3 cm³/mol. The Hall–Kier alpha value is -2.89. The smallest absolute Gasteiger partial charge is 0.408 e. The number of benzene rings is 1. The Kier molecular flexibility index (Phi) is 3.50. The molecular formula is C16H14N3O3. The minimum absolute atomic E-state index is 0.0935. The molecule has 1 radical (unpaired) electrons. The molecule has 0 fully saturated rings. The normalized spacial score (nSPS) is 11.0. The zero-order valence-electron chi connectivity index (χ0n) is 12.0. The molecule has 0 saturated heterocycles. The molecule has 111 valence electrons. The zero-order chi connectivity index (χ0) is 15.7. The van der Waals surface area contributed by atoms with Crippen LogP contribution in [-0.2, 0) is 6.54 Å². The number of fused-ring (bicyclic) bond motifs is 1. The number of carbonyl (C=O) groups is 1. The van der Waals surface area contributed by atoms with Gasteiger partial charge >= 0.3 is 5.76 Å². The molecule has 0 aliphatic rings. The Bertz CT molecular complexity index is 891. The molecule has 2 aromatic heterocycles. The lowest BCUT2D eigenvalue weighted by atomic mass is 10.1. The number of hydrogen-bond donors (Lipinski definition) is 1. The first-order valence-corrected chi connectivity index (χ1v) is 6.91. The number of hydrogen-bond acceptors (Lipinski definition) is 4. The third kappa shape index (κ3) is 2.39. The zero-order valence-corrected chi connectivity index (χ0v) is 12.0. The van der Waals surface area contributed by atoms with Crippen LogP contribution in [-0.4, -0.2) is 15.5 Å². The van der Waals surface area contributed by atoms with Crippen LogP contribution in [0.4, 0.5) is 0 Å². The van der Waals surface area contributed by atoms with E-state index in [0.717, 1.165) is 23.1 Å². The molecule has 0 bridgehead atoms. The third-order valence-corrected chi connectivity index (χ3v) is 3.38. The second-order valence-electron chi connectivity index (χ2n) is 4.92. The molecule has 3 aromatic rings. The fourth-order valence-corrected chi connectivity index (χ4v) is 2.32. The van der Waals surface area contributed by atoms with Gasteiger partial charge in [-0.2, -0.15) is 0 Å². The molecule has 0 saturated carbocycles. The highest BCUT2D eigenvalue weighted by molar-refractivity contribution is 5.91. The summed E-state index contributed by atoms with van der Waals surface area (Å²) < 4.78 is 6.82. The monoisotopic (exact) mass is 296 g/mol. The predicted octanol–water partition coefficient (Wildman–Crippen LogP) is 1.97. The second-order valence-corrected chi connectivity index (χ2v) is 4.92. The Labute approximate surface area is 126 Å². The van der Waals surface area contributed by atoms with Crippen molar-refractivity contribution >= 4 is 17.0 Å². The van der Waals surface area contributed by atoms with Gasteiger partial charge in [-0.3, -0.25) is 9.36 Å². The van der Waals surface area contributed by atoms with E-state index in [-0.39, 0.29) is 11.4 Å². The summed E-state index contributed by atoms with van der Waals surface area (Å²) in [6.07, 6.45) is 2.39. The molecule has 6 nitrogen and oxygen atoms in total. The van der Waals surface area contributed by atoms with E-state index in [1.54, 1.807) is 22.9 Å². The minimum Gasteiger partial charge on any atom is -0.408 e. The molecule has 2 heterocycles. The van der Waals surface area contributed by atoms with Crippen molar-refractivity contribution in [3.63, 3.8) is 0 Å². The largest absolute Gasteiger partial charge is 0.419 e. The summed E-state index contributed by atoms with van der Waals surface area (Å²) in [5.74, 6) is -0.976. The van der Waals surface area contributed by atoms with E-state index >= 15 is 0 Å². The van der Waals surface area contributed by atoms with Crippen LogP contribution in [0.3, 0.4) is 0 Å².